The van der Waals surface area contributed by atoms with E-state index in [0.29, 0.717) is 25.9 Å². The Kier molecular flexibility index (Phi) is 66.9. The van der Waals surface area contributed by atoms with Gasteiger partial charge < -0.3 is 20.3 Å². The Morgan fingerprint density at radius 1 is 0.354 bits per heavy atom. The fraction of sp³-hybridized carbons (Fsp3) is 0.890. The van der Waals surface area contributed by atoms with Crippen LogP contribution in [0.3, 0.4) is 0 Å². The first kappa shape index (κ1) is 77.1. The molecule has 79 heavy (non-hydrogen) atoms. The van der Waals surface area contributed by atoms with Crippen molar-refractivity contribution in [2.45, 2.75) is 405 Å². The molecule has 0 heterocycles. The first-order valence-corrected chi connectivity index (χ1v) is 35.7. The fourth-order valence-corrected chi connectivity index (χ4v) is 11.2. The van der Waals surface area contributed by atoms with Gasteiger partial charge in [0.25, 0.3) is 0 Å². The highest BCUT2D eigenvalue weighted by Gasteiger charge is 2.20. The molecular weight excluding hydrogens is 971 g/mol. The predicted molar refractivity (Wildman–Crippen MR) is 347 cm³/mol. The number of rotatable bonds is 67. The minimum atomic E-state index is -0.665. The van der Waals surface area contributed by atoms with Crippen molar-refractivity contribution in [3.63, 3.8) is 0 Å². The number of amides is 1. The minimum absolute atomic E-state index is 0.00854. The van der Waals surface area contributed by atoms with Gasteiger partial charge in [0.2, 0.25) is 5.91 Å². The Bertz CT molecular complexity index is 1280. The van der Waals surface area contributed by atoms with E-state index in [4.69, 9.17) is 4.74 Å². The summed E-state index contributed by atoms with van der Waals surface area (Å²) in [6.07, 6.45) is 87.6. The van der Waals surface area contributed by atoms with Crippen molar-refractivity contribution < 1.29 is 24.5 Å². The zero-order valence-corrected chi connectivity index (χ0v) is 53.4. The summed E-state index contributed by atoms with van der Waals surface area (Å²) >= 11 is 0. The van der Waals surface area contributed by atoms with Crippen LogP contribution < -0.4 is 5.32 Å². The summed E-state index contributed by atoms with van der Waals surface area (Å²) in [5.41, 5.74) is 0. The molecule has 6 heteroatoms. The Labute approximate surface area is 494 Å². The lowest BCUT2D eigenvalue weighted by atomic mass is 10.0. The van der Waals surface area contributed by atoms with Crippen molar-refractivity contribution in [1.29, 1.82) is 0 Å². The third kappa shape index (κ3) is 65.1. The maximum Gasteiger partial charge on any atom is 0.305 e. The number of esters is 1. The average Bonchev–Trinajstić information content (AvgIpc) is 3.45. The molecule has 0 aliphatic carbocycles. The molecule has 0 radical (unpaired) electrons. The van der Waals surface area contributed by atoms with Crippen LogP contribution in [0.1, 0.15) is 393 Å². The number of unbranched alkanes of at least 4 members (excludes halogenated alkanes) is 50. The summed E-state index contributed by atoms with van der Waals surface area (Å²) in [6, 6.07) is -0.542. The van der Waals surface area contributed by atoms with Crippen LogP contribution in [0.2, 0.25) is 0 Å². The van der Waals surface area contributed by atoms with Gasteiger partial charge >= 0.3 is 5.97 Å². The molecule has 0 aliphatic heterocycles. The molecule has 2 unspecified atom stereocenters. The molecule has 0 aliphatic rings. The summed E-state index contributed by atoms with van der Waals surface area (Å²) in [5, 5.41) is 23.4. The Hall–Kier alpha value is -1.92. The van der Waals surface area contributed by atoms with Gasteiger partial charge in [-0.05, 0) is 83.5 Å². The monoisotopic (exact) mass is 1110 g/mol. The van der Waals surface area contributed by atoms with Gasteiger partial charge in [-0.25, -0.2) is 0 Å². The van der Waals surface area contributed by atoms with Crippen LogP contribution in [0.25, 0.3) is 0 Å². The summed E-state index contributed by atoms with van der Waals surface area (Å²) in [7, 11) is 0. The zero-order chi connectivity index (χ0) is 57.1. The van der Waals surface area contributed by atoms with Crippen molar-refractivity contribution in [3.05, 3.63) is 36.5 Å². The predicted octanol–water partition coefficient (Wildman–Crippen LogP) is 23.1. The zero-order valence-electron chi connectivity index (χ0n) is 53.4. The Morgan fingerprint density at radius 3 is 1.00 bits per heavy atom. The average molecular weight is 1110 g/mol. The highest BCUT2D eigenvalue weighted by Crippen LogP contribution is 2.19. The number of carbonyl (C=O) groups is 2. The van der Waals surface area contributed by atoms with Crippen LogP contribution in [0.5, 0.6) is 0 Å². The second-order valence-corrected chi connectivity index (χ2v) is 24.6. The van der Waals surface area contributed by atoms with Crippen LogP contribution >= 0.6 is 0 Å². The molecule has 2 atom stereocenters. The minimum Gasteiger partial charge on any atom is -0.466 e. The number of aliphatic hydroxyl groups excluding tert-OH is 2. The number of carbonyl (C=O) groups excluding carboxylic acids is 2. The summed E-state index contributed by atoms with van der Waals surface area (Å²) in [5.74, 6) is -0.0232. The van der Waals surface area contributed by atoms with Gasteiger partial charge in [0.15, 0.2) is 0 Å². The molecule has 0 saturated carbocycles. The van der Waals surface area contributed by atoms with E-state index in [2.05, 4.69) is 55.6 Å². The molecule has 0 aromatic rings. The van der Waals surface area contributed by atoms with Crippen LogP contribution in [0.15, 0.2) is 36.5 Å². The lowest BCUT2D eigenvalue weighted by molar-refractivity contribution is -0.143. The molecule has 3 N–H and O–H groups in total. The summed E-state index contributed by atoms with van der Waals surface area (Å²) < 4.78 is 5.50. The maximum absolute atomic E-state index is 12.5. The number of ether oxygens (including phenoxy) is 1. The molecule has 0 aromatic heterocycles. The quantitative estimate of drug-likeness (QED) is 0.0320. The third-order valence-electron chi connectivity index (χ3n) is 16.7. The lowest BCUT2D eigenvalue weighted by Crippen LogP contribution is -2.45. The second-order valence-electron chi connectivity index (χ2n) is 24.6. The summed E-state index contributed by atoms with van der Waals surface area (Å²) in [4.78, 5) is 24.6. The largest absolute Gasteiger partial charge is 0.466 e. The van der Waals surface area contributed by atoms with Crippen molar-refractivity contribution in [1.82, 2.24) is 5.32 Å². The molecule has 6 nitrogen and oxygen atoms in total. The first-order chi connectivity index (χ1) is 39.0. The number of nitrogens with one attached hydrogen (secondary N) is 1. The molecule has 0 spiro atoms. The van der Waals surface area contributed by atoms with Crippen LogP contribution in [-0.2, 0) is 14.3 Å². The van der Waals surface area contributed by atoms with Crippen LogP contribution in [0.4, 0.5) is 0 Å². The normalized spacial score (nSPS) is 12.7. The highest BCUT2D eigenvalue weighted by molar-refractivity contribution is 5.76. The topological polar surface area (TPSA) is 95.9 Å². The van der Waals surface area contributed by atoms with E-state index >= 15 is 0 Å². The molecule has 466 valence electrons. The molecule has 0 saturated heterocycles. The fourth-order valence-electron chi connectivity index (χ4n) is 11.2. The van der Waals surface area contributed by atoms with Crippen molar-refractivity contribution in [3.8, 4) is 0 Å². The molecule has 0 bridgehead atoms. The van der Waals surface area contributed by atoms with E-state index in [1.165, 1.54) is 308 Å². The van der Waals surface area contributed by atoms with Gasteiger partial charge in [0, 0.05) is 12.8 Å². The number of hydrogen-bond donors (Lipinski definition) is 3. The van der Waals surface area contributed by atoms with Gasteiger partial charge in [-0.15, -0.1) is 0 Å². The Balaban J connectivity index is 3.37. The first-order valence-electron chi connectivity index (χ1n) is 35.7. The standard InChI is InChI=1S/C73H139NO5/c1-3-5-7-9-11-13-15-17-19-33-37-41-45-49-53-57-61-65-71(76)70(69-75)74-72(77)66-62-58-54-50-46-42-38-35-31-29-27-25-23-21-22-24-26-28-30-32-36-40-44-48-52-56-60-64-68-79-73(78)67-63-59-55-51-47-43-39-34-20-18-16-14-12-10-8-6-4-2/h12,14,18,20-22,70-71,75-76H,3-11,13,15-17,19,23-69H2,1-2H3,(H,74,77)/b14-12-,20-18-,22-21-. The number of allylic oxidation sites excluding steroid dienone is 6. The molecular formula is C73H139NO5. The van der Waals surface area contributed by atoms with E-state index < -0.39 is 12.1 Å². The summed E-state index contributed by atoms with van der Waals surface area (Å²) in [6.45, 7) is 4.96. The number of hydrogen-bond acceptors (Lipinski definition) is 5. The van der Waals surface area contributed by atoms with Crippen molar-refractivity contribution in [2.75, 3.05) is 13.2 Å². The van der Waals surface area contributed by atoms with Gasteiger partial charge in [-0.2, -0.15) is 0 Å². The van der Waals surface area contributed by atoms with Crippen LogP contribution in [0, 0.1) is 0 Å². The molecule has 1 amide bonds. The van der Waals surface area contributed by atoms with Gasteiger partial charge in [0.05, 0.1) is 25.4 Å². The van der Waals surface area contributed by atoms with Crippen LogP contribution in [-0.4, -0.2) is 47.4 Å². The van der Waals surface area contributed by atoms with E-state index in [1.54, 1.807) is 0 Å². The van der Waals surface area contributed by atoms with Crippen molar-refractivity contribution in [2.24, 2.45) is 0 Å². The van der Waals surface area contributed by atoms with Crippen molar-refractivity contribution >= 4 is 11.9 Å². The molecule has 0 rings (SSSR count). The van der Waals surface area contributed by atoms with Gasteiger partial charge in [0.1, 0.15) is 0 Å². The third-order valence-corrected chi connectivity index (χ3v) is 16.7. The van der Waals surface area contributed by atoms with Gasteiger partial charge in [-0.1, -0.05) is 333 Å². The molecule has 0 aromatic carbocycles. The lowest BCUT2D eigenvalue weighted by Gasteiger charge is -2.22. The maximum atomic E-state index is 12.5. The van der Waals surface area contributed by atoms with Gasteiger partial charge in [-0.3, -0.25) is 9.59 Å². The van der Waals surface area contributed by atoms with E-state index in [9.17, 15) is 19.8 Å². The van der Waals surface area contributed by atoms with E-state index in [1.807, 2.05) is 0 Å². The smallest absolute Gasteiger partial charge is 0.305 e. The Morgan fingerprint density at radius 2 is 0.633 bits per heavy atom. The van der Waals surface area contributed by atoms with E-state index in [0.717, 1.165) is 51.4 Å². The second kappa shape index (κ2) is 68.6. The molecule has 0 fully saturated rings. The highest BCUT2D eigenvalue weighted by atomic mass is 16.5. The number of aliphatic hydroxyl groups is 2. The van der Waals surface area contributed by atoms with E-state index in [-0.39, 0.29) is 18.5 Å². The SMILES string of the molecule is CCCCC/C=C\C/C=C\CCCCCCCCCC(=O)OCCCCCCCCCCCCCC/C=C\CCCCCCCCCCCCCCC(=O)NC(CO)C(O)CCCCCCCCCCCCCCCCCCC.